The third kappa shape index (κ3) is 3.88. The van der Waals surface area contributed by atoms with Gasteiger partial charge in [0.2, 0.25) is 5.91 Å². The largest absolute Gasteiger partial charge is 0.507 e. The van der Waals surface area contributed by atoms with E-state index in [0.717, 1.165) is 16.3 Å². The van der Waals surface area contributed by atoms with Crippen LogP contribution in [0.2, 0.25) is 0 Å². The van der Waals surface area contributed by atoms with Gasteiger partial charge in [-0.1, -0.05) is 42.5 Å². The quantitative estimate of drug-likeness (QED) is 0.524. The van der Waals surface area contributed by atoms with Gasteiger partial charge in [0.25, 0.3) is 0 Å². The summed E-state index contributed by atoms with van der Waals surface area (Å²) in [7, 11) is 0. The number of hydrogen-bond acceptors (Lipinski definition) is 3. The van der Waals surface area contributed by atoms with Crippen molar-refractivity contribution in [2.24, 2.45) is 10.7 Å². The zero-order valence-electron chi connectivity index (χ0n) is 14.2. The summed E-state index contributed by atoms with van der Waals surface area (Å²) in [4.78, 5) is 15.5. The molecule has 3 aromatic rings. The molecule has 0 aliphatic rings. The van der Waals surface area contributed by atoms with Crippen molar-refractivity contribution in [3.05, 3.63) is 77.6 Å². The molecule has 0 atom stereocenters. The third-order valence-electron chi connectivity index (χ3n) is 4.11. The second-order valence-corrected chi connectivity index (χ2v) is 5.99. The number of rotatable bonds is 6. The molecule has 0 unspecified atom stereocenters. The fraction of sp³-hybridized carbons (Fsp3) is 0.143. The Balaban J connectivity index is 2.12. The Kier molecular flexibility index (Phi) is 5.27. The summed E-state index contributed by atoms with van der Waals surface area (Å²) in [6, 6.07) is 17.3. The number of amides is 1. The van der Waals surface area contributed by atoms with Crippen LogP contribution in [0.15, 0.2) is 65.7 Å². The van der Waals surface area contributed by atoms with Gasteiger partial charge in [-0.3, -0.25) is 9.79 Å². The van der Waals surface area contributed by atoms with Gasteiger partial charge >= 0.3 is 0 Å². The topological polar surface area (TPSA) is 75.7 Å². The number of nitrogens with two attached hydrogens (primary N) is 1. The molecule has 0 spiro atoms. The zero-order valence-corrected chi connectivity index (χ0v) is 14.2. The minimum atomic E-state index is -0.456. The smallest absolute Gasteiger partial charge is 0.217 e. The number of benzene rings is 3. The molecule has 0 fully saturated rings. The first kappa shape index (κ1) is 17.6. The van der Waals surface area contributed by atoms with E-state index in [1.54, 1.807) is 0 Å². The predicted molar refractivity (Wildman–Crippen MR) is 101 cm³/mol. The summed E-state index contributed by atoms with van der Waals surface area (Å²) in [5.41, 5.74) is 6.78. The minimum absolute atomic E-state index is 0.0482. The second kappa shape index (κ2) is 7.78. The molecule has 132 valence electrons. The summed E-state index contributed by atoms with van der Waals surface area (Å²) < 4.78 is 13.8. The fourth-order valence-corrected chi connectivity index (χ4v) is 2.89. The number of halogens is 1. The number of phenols is 1. The normalized spacial score (nSPS) is 11.7. The summed E-state index contributed by atoms with van der Waals surface area (Å²) in [6.45, 7) is 0.345. The van der Waals surface area contributed by atoms with E-state index in [0.29, 0.717) is 24.2 Å². The highest BCUT2D eigenvalue weighted by Crippen LogP contribution is 2.27. The molecule has 3 N–H and O–H groups in total. The fourth-order valence-electron chi connectivity index (χ4n) is 2.89. The van der Waals surface area contributed by atoms with Crippen LogP contribution in [-0.4, -0.2) is 23.3 Å². The Morgan fingerprint density at radius 1 is 1.04 bits per heavy atom. The van der Waals surface area contributed by atoms with Crippen LogP contribution >= 0.6 is 0 Å². The monoisotopic (exact) mass is 350 g/mol. The first-order valence-corrected chi connectivity index (χ1v) is 8.36. The van der Waals surface area contributed by atoms with Crippen molar-refractivity contribution < 1.29 is 14.3 Å². The molecule has 0 aromatic heterocycles. The lowest BCUT2D eigenvalue weighted by Gasteiger charge is -2.12. The number of carbonyl (C=O) groups is 1. The highest BCUT2D eigenvalue weighted by atomic mass is 19.1. The van der Waals surface area contributed by atoms with Crippen molar-refractivity contribution in [2.75, 3.05) is 6.54 Å². The van der Waals surface area contributed by atoms with Crippen LogP contribution in [0.4, 0.5) is 4.39 Å². The molecule has 0 aliphatic carbocycles. The van der Waals surface area contributed by atoms with Crippen LogP contribution in [0.25, 0.3) is 10.8 Å². The Bertz CT molecular complexity index is 977. The van der Waals surface area contributed by atoms with E-state index in [4.69, 9.17) is 5.73 Å². The van der Waals surface area contributed by atoms with Crippen molar-refractivity contribution in [1.82, 2.24) is 0 Å². The van der Waals surface area contributed by atoms with E-state index in [9.17, 15) is 14.3 Å². The molecular formula is C21H19FN2O2. The van der Waals surface area contributed by atoms with E-state index in [1.807, 2.05) is 42.5 Å². The lowest BCUT2D eigenvalue weighted by atomic mass is 9.95. The summed E-state index contributed by atoms with van der Waals surface area (Å²) in [5, 5.41) is 12.2. The van der Waals surface area contributed by atoms with Gasteiger partial charge in [-0.25, -0.2) is 4.39 Å². The summed E-state index contributed by atoms with van der Waals surface area (Å²) in [6.07, 6.45) is 0.709. The lowest BCUT2D eigenvalue weighted by Crippen LogP contribution is -2.11. The van der Waals surface area contributed by atoms with Crippen molar-refractivity contribution in [2.45, 2.75) is 12.8 Å². The van der Waals surface area contributed by atoms with Crippen LogP contribution in [0.5, 0.6) is 5.75 Å². The Labute approximate surface area is 150 Å². The lowest BCUT2D eigenvalue weighted by molar-refractivity contribution is -0.118. The van der Waals surface area contributed by atoms with Crippen LogP contribution < -0.4 is 5.73 Å². The molecule has 4 nitrogen and oxygen atoms in total. The first-order chi connectivity index (χ1) is 12.6. The highest BCUT2D eigenvalue weighted by molar-refractivity contribution is 6.20. The van der Waals surface area contributed by atoms with Gasteiger partial charge in [-0.15, -0.1) is 0 Å². The van der Waals surface area contributed by atoms with Gasteiger partial charge in [-0.2, -0.15) is 0 Å². The molecular weight excluding hydrogens is 331 g/mol. The van der Waals surface area contributed by atoms with Gasteiger partial charge in [-0.05, 0) is 35.4 Å². The van der Waals surface area contributed by atoms with Crippen molar-refractivity contribution >= 4 is 22.4 Å². The van der Waals surface area contributed by atoms with E-state index >= 15 is 0 Å². The summed E-state index contributed by atoms with van der Waals surface area (Å²) in [5.74, 6) is -0.892. The third-order valence-corrected chi connectivity index (χ3v) is 4.11. The molecule has 0 saturated heterocycles. The number of aliphatic imine (C=N–C) groups is 1. The molecule has 5 heteroatoms. The standard InChI is InChI=1S/C21H19FN2O2/c22-15-10-11-19(25)18(13-15)21(24-12-4-9-20(23)26)17-8-3-6-14-5-1-2-7-16(14)17/h1-3,5-8,10-11,13,25H,4,9,12H2,(H2,23,26). The summed E-state index contributed by atoms with van der Waals surface area (Å²) >= 11 is 0. The van der Waals surface area contributed by atoms with Gasteiger partial charge in [0.05, 0.1) is 5.71 Å². The average Bonchev–Trinajstić information content (AvgIpc) is 2.64. The van der Waals surface area contributed by atoms with Gasteiger partial charge in [0.1, 0.15) is 11.6 Å². The van der Waals surface area contributed by atoms with E-state index in [-0.39, 0.29) is 18.1 Å². The van der Waals surface area contributed by atoms with Crippen LogP contribution in [-0.2, 0) is 4.79 Å². The number of fused-ring (bicyclic) bond motifs is 1. The van der Waals surface area contributed by atoms with Crippen LogP contribution in [0.1, 0.15) is 24.0 Å². The zero-order chi connectivity index (χ0) is 18.5. The molecule has 0 bridgehead atoms. The average molecular weight is 350 g/mol. The Hall–Kier alpha value is -3.21. The maximum absolute atomic E-state index is 13.8. The van der Waals surface area contributed by atoms with E-state index < -0.39 is 5.82 Å². The molecule has 3 rings (SSSR count). The van der Waals surface area contributed by atoms with Crippen LogP contribution in [0, 0.1) is 5.82 Å². The number of phenolic OH excluding ortho intramolecular Hbond substituents is 1. The van der Waals surface area contributed by atoms with E-state index in [2.05, 4.69) is 4.99 Å². The SMILES string of the molecule is NC(=O)CCCN=C(c1cc(F)ccc1O)c1cccc2ccccc12. The Morgan fingerprint density at radius 3 is 2.62 bits per heavy atom. The minimum Gasteiger partial charge on any atom is -0.507 e. The van der Waals surface area contributed by atoms with E-state index in [1.165, 1.54) is 18.2 Å². The number of carbonyl (C=O) groups excluding carboxylic acids is 1. The van der Waals surface area contributed by atoms with Gasteiger partial charge in [0, 0.05) is 24.1 Å². The predicted octanol–water partition coefficient (Wildman–Crippen LogP) is 3.79. The molecule has 0 radical (unpaired) electrons. The maximum Gasteiger partial charge on any atom is 0.217 e. The van der Waals surface area contributed by atoms with Crippen LogP contribution in [0.3, 0.4) is 0 Å². The molecule has 0 saturated carbocycles. The Morgan fingerprint density at radius 2 is 1.81 bits per heavy atom. The second-order valence-electron chi connectivity index (χ2n) is 5.99. The molecule has 26 heavy (non-hydrogen) atoms. The van der Waals surface area contributed by atoms with Crippen molar-refractivity contribution in [3.63, 3.8) is 0 Å². The molecule has 0 aliphatic heterocycles. The maximum atomic E-state index is 13.8. The van der Waals surface area contributed by atoms with Crippen molar-refractivity contribution in [1.29, 1.82) is 0 Å². The molecule has 1 amide bonds. The van der Waals surface area contributed by atoms with Crippen molar-refractivity contribution in [3.8, 4) is 5.75 Å². The van der Waals surface area contributed by atoms with Gasteiger partial charge in [0.15, 0.2) is 0 Å². The van der Waals surface area contributed by atoms with Gasteiger partial charge < -0.3 is 10.8 Å². The number of nitrogens with zero attached hydrogens (tertiary/aromatic N) is 1. The number of primary amides is 1. The molecule has 3 aromatic carbocycles. The first-order valence-electron chi connectivity index (χ1n) is 8.36. The number of hydrogen-bond donors (Lipinski definition) is 2. The number of aromatic hydroxyl groups is 1. The highest BCUT2D eigenvalue weighted by Gasteiger charge is 2.15. The molecule has 0 heterocycles.